The van der Waals surface area contributed by atoms with Gasteiger partial charge < -0.3 is 4.74 Å². The second-order valence-corrected chi connectivity index (χ2v) is 6.51. The number of fused-ring (bicyclic) bond motifs is 1. The van der Waals surface area contributed by atoms with Gasteiger partial charge in [0.2, 0.25) is 0 Å². The fraction of sp³-hybridized carbons (Fsp3) is 0.263. The molecule has 0 saturated carbocycles. The number of benzene rings is 1. The number of hydrogen-bond acceptors (Lipinski definition) is 6. The molecule has 0 fully saturated rings. The molecule has 134 valence electrons. The van der Waals surface area contributed by atoms with Crippen molar-refractivity contribution in [2.24, 2.45) is 0 Å². The summed E-state index contributed by atoms with van der Waals surface area (Å²) < 4.78 is 5.27. The van der Waals surface area contributed by atoms with Crippen molar-refractivity contribution in [1.82, 2.24) is 9.88 Å². The lowest BCUT2D eigenvalue weighted by Crippen LogP contribution is -2.30. The lowest BCUT2D eigenvalue weighted by atomic mass is 10.1. The third-order valence-electron chi connectivity index (χ3n) is 4.07. The average Bonchev–Trinajstić information content (AvgIpc) is 2.92. The van der Waals surface area contributed by atoms with Gasteiger partial charge in [-0.05, 0) is 43.4 Å². The van der Waals surface area contributed by atoms with Crippen LogP contribution in [0.3, 0.4) is 0 Å². The molecule has 26 heavy (non-hydrogen) atoms. The third kappa shape index (κ3) is 3.62. The maximum Gasteiger partial charge on any atom is 0.340 e. The van der Waals surface area contributed by atoms with Gasteiger partial charge in [-0.3, -0.25) is 14.5 Å². The van der Waals surface area contributed by atoms with Gasteiger partial charge in [0.15, 0.2) is 0 Å². The normalized spacial score (nSPS) is 13.0. The van der Waals surface area contributed by atoms with E-state index in [1.54, 1.807) is 42.6 Å². The van der Waals surface area contributed by atoms with E-state index in [4.69, 9.17) is 4.74 Å². The van der Waals surface area contributed by atoms with Gasteiger partial charge in [0.1, 0.15) is 5.03 Å². The van der Waals surface area contributed by atoms with Gasteiger partial charge in [-0.25, -0.2) is 9.78 Å². The number of carbonyl (C=O) groups excluding carboxylic acids is 3. The minimum absolute atomic E-state index is 0.227. The van der Waals surface area contributed by atoms with Crippen molar-refractivity contribution >= 4 is 29.5 Å². The molecule has 2 heterocycles. The van der Waals surface area contributed by atoms with Crippen LogP contribution in [0.4, 0.5) is 0 Å². The Bertz CT molecular complexity index is 818. The van der Waals surface area contributed by atoms with Crippen molar-refractivity contribution in [2.45, 2.75) is 17.9 Å². The number of carbonyl (C=O) groups is 3. The molecule has 0 N–H and O–H groups in total. The minimum atomic E-state index is -0.414. The van der Waals surface area contributed by atoms with Gasteiger partial charge in [-0.1, -0.05) is 12.1 Å². The highest BCUT2D eigenvalue weighted by Gasteiger charge is 2.34. The van der Waals surface area contributed by atoms with E-state index >= 15 is 0 Å². The summed E-state index contributed by atoms with van der Waals surface area (Å²) in [7, 11) is 0. The summed E-state index contributed by atoms with van der Waals surface area (Å²) in [6, 6.07) is 10.2. The van der Waals surface area contributed by atoms with Gasteiger partial charge in [0, 0.05) is 12.7 Å². The highest BCUT2D eigenvalue weighted by Crippen LogP contribution is 2.22. The van der Waals surface area contributed by atoms with Crippen LogP contribution in [0.1, 0.15) is 43.9 Å². The maximum absolute atomic E-state index is 12.2. The topological polar surface area (TPSA) is 76.6 Å². The molecule has 1 aromatic heterocycles. The lowest BCUT2D eigenvalue weighted by molar-refractivity contribution is 0.0481. The number of hydrogen-bond donors (Lipinski definition) is 0. The predicted molar refractivity (Wildman–Crippen MR) is 97.3 cm³/mol. The Morgan fingerprint density at radius 2 is 1.77 bits per heavy atom. The van der Waals surface area contributed by atoms with E-state index in [1.807, 2.05) is 6.26 Å². The van der Waals surface area contributed by atoms with Gasteiger partial charge in [-0.15, -0.1) is 11.8 Å². The van der Waals surface area contributed by atoms with Gasteiger partial charge >= 0.3 is 5.97 Å². The Morgan fingerprint density at radius 3 is 2.42 bits per heavy atom. The number of imide groups is 1. The summed E-state index contributed by atoms with van der Waals surface area (Å²) in [5, 5.41) is 0.628. The summed E-state index contributed by atoms with van der Waals surface area (Å²) in [6.45, 7) is 0.539. The van der Waals surface area contributed by atoms with E-state index in [0.717, 1.165) is 0 Å². The zero-order valence-electron chi connectivity index (χ0n) is 14.3. The molecule has 1 aliphatic heterocycles. The lowest BCUT2D eigenvalue weighted by Gasteiger charge is -2.13. The first-order valence-corrected chi connectivity index (χ1v) is 9.47. The summed E-state index contributed by atoms with van der Waals surface area (Å²) >= 11 is 1.39. The monoisotopic (exact) mass is 370 g/mol. The molecule has 0 radical (unpaired) electrons. The van der Waals surface area contributed by atoms with E-state index in [0.29, 0.717) is 41.1 Å². The number of nitrogens with zero attached hydrogens (tertiary/aromatic N) is 2. The Kier molecular flexibility index (Phi) is 5.68. The van der Waals surface area contributed by atoms with Crippen LogP contribution in [-0.4, -0.2) is 47.1 Å². The molecule has 7 heteroatoms. The molecule has 0 saturated heterocycles. The summed E-state index contributed by atoms with van der Waals surface area (Å²) in [5.41, 5.74) is 1.34. The number of esters is 1. The Balaban J connectivity index is 1.46. The van der Waals surface area contributed by atoms with Gasteiger partial charge in [-0.2, -0.15) is 0 Å². The molecule has 3 rings (SSSR count). The van der Waals surface area contributed by atoms with Crippen molar-refractivity contribution in [3.8, 4) is 0 Å². The third-order valence-corrected chi connectivity index (χ3v) is 4.78. The van der Waals surface area contributed by atoms with E-state index in [1.165, 1.54) is 16.7 Å². The molecule has 0 spiro atoms. The molecule has 0 bridgehead atoms. The van der Waals surface area contributed by atoms with E-state index in [2.05, 4.69) is 4.98 Å². The second-order valence-electron chi connectivity index (χ2n) is 5.71. The van der Waals surface area contributed by atoms with Crippen LogP contribution in [0.2, 0.25) is 0 Å². The number of amides is 2. The van der Waals surface area contributed by atoms with Crippen molar-refractivity contribution in [2.75, 3.05) is 19.4 Å². The largest absolute Gasteiger partial charge is 0.462 e. The maximum atomic E-state index is 12.2. The smallest absolute Gasteiger partial charge is 0.340 e. The number of rotatable bonds is 7. The van der Waals surface area contributed by atoms with Crippen LogP contribution < -0.4 is 0 Å². The van der Waals surface area contributed by atoms with Crippen LogP contribution in [0, 0.1) is 0 Å². The minimum Gasteiger partial charge on any atom is -0.462 e. The first kappa shape index (κ1) is 18.1. The molecule has 2 amide bonds. The first-order chi connectivity index (χ1) is 12.6. The van der Waals surface area contributed by atoms with Crippen molar-refractivity contribution in [3.63, 3.8) is 0 Å². The molecule has 0 atom stereocenters. The Labute approximate surface area is 155 Å². The standard InChI is InChI=1S/C19H18N2O4S/c1-26-16-15(9-6-10-20-16)19(24)25-12-5-4-11-21-17(22)13-7-2-3-8-14(13)18(21)23/h2-3,6-10H,4-5,11-12H2,1H3. The zero-order valence-corrected chi connectivity index (χ0v) is 15.1. The van der Waals surface area contributed by atoms with Crippen LogP contribution in [0.5, 0.6) is 0 Å². The van der Waals surface area contributed by atoms with Crippen LogP contribution >= 0.6 is 11.8 Å². The van der Waals surface area contributed by atoms with Crippen molar-refractivity contribution < 1.29 is 19.1 Å². The fourth-order valence-corrected chi connectivity index (χ4v) is 3.30. The molecule has 0 aliphatic carbocycles. The average molecular weight is 370 g/mol. The van der Waals surface area contributed by atoms with Gasteiger partial charge in [0.05, 0.1) is 23.3 Å². The quantitative estimate of drug-likeness (QED) is 0.323. The fourth-order valence-electron chi connectivity index (χ4n) is 2.77. The molecule has 1 aliphatic rings. The number of pyridine rings is 1. The molecule has 1 aromatic carbocycles. The number of ether oxygens (including phenoxy) is 1. The summed E-state index contributed by atoms with van der Waals surface area (Å²) in [5.74, 6) is -0.937. The van der Waals surface area contributed by atoms with E-state index < -0.39 is 5.97 Å². The first-order valence-electron chi connectivity index (χ1n) is 8.25. The number of aromatic nitrogens is 1. The highest BCUT2D eigenvalue weighted by molar-refractivity contribution is 7.98. The SMILES string of the molecule is CSc1ncccc1C(=O)OCCCCN1C(=O)c2ccccc2C1=O. The number of unbranched alkanes of at least 4 members (excludes halogenated alkanes) is 1. The van der Waals surface area contributed by atoms with E-state index in [9.17, 15) is 14.4 Å². The van der Waals surface area contributed by atoms with E-state index in [-0.39, 0.29) is 18.4 Å². The summed E-state index contributed by atoms with van der Waals surface area (Å²) in [6.07, 6.45) is 4.61. The molecule has 2 aromatic rings. The van der Waals surface area contributed by atoms with Crippen LogP contribution in [0.15, 0.2) is 47.6 Å². The zero-order chi connectivity index (χ0) is 18.5. The summed E-state index contributed by atoms with van der Waals surface area (Å²) in [4.78, 5) is 42.0. The predicted octanol–water partition coefficient (Wildman–Crippen LogP) is 3.04. The van der Waals surface area contributed by atoms with Gasteiger partial charge in [0.25, 0.3) is 11.8 Å². The molecular weight excluding hydrogens is 352 g/mol. The molecule has 6 nitrogen and oxygen atoms in total. The highest BCUT2D eigenvalue weighted by atomic mass is 32.2. The second kappa shape index (κ2) is 8.14. The number of thioether (sulfide) groups is 1. The Hall–Kier alpha value is -2.67. The van der Waals surface area contributed by atoms with Crippen LogP contribution in [0.25, 0.3) is 0 Å². The van der Waals surface area contributed by atoms with Crippen LogP contribution in [-0.2, 0) is 4.74 Å². The van der Waals surface area contributed by atoms with Crippen molar-refractivity contribution in [1.29, 1.82) is 0 Å². The van der Waals surface area contributed by atoms with Crippen molar-refractivity contribution in [3.05, 3.63) is 59.3 Å². The Morgan fingerprint density at radius 1 is 1.08 bits per heavy atom. The molecular formula is C19H18N2O4S. The molecule has 0 unspecified atom stereocenters.